The molecule has 0 spiro atoms. The summed E-state index contributed by atoms with van der Waals surface area (Å²) in [5.74, 6) is 0. The van der Waals surface area contributed by atoms with Crippen molar-refractivity contribution in [1.82, 2.24) is 9.88 Å². The summed E-state index contributed by atoms with van der Waals surface area (Å²) in [5.41, 5.74) is 0.924. The van der Waals surface area contributed by atoms with Crippen LogP contribution in [-0.2, 0) is 6.54 Å². The maximum atomic E-state index is 12.3. The largest absolute Gasteiger partial charge is 0.322 e. The van der Waals surface area contributed by atoms with E-state index in [1.807, 2.05) is 24.3 Å². The minimum atomic E-state index is -0.525. The minimum Gasteiger partial charge on any atom is -0.321 e. The summed E-state index contributed by atoms with van der Waals surface area (Å²) >= 11 is 1.52. The topological polar surface area (TPSA) is 88.4 Å². The lowest BCUT2D eigenvalue weighted by Crippen LogP contribution is -2.31. The van der Waals surface area contributed by atoms with Crippen molar-refractivity contribution in [1.29, 1.82) is 0 Å². The first-order chi connectivity index (χ1) is 11.5. The van der Waals surface area contributed by atoms with Gasteiger partial charge in [0.1, 0.15) is 10.7 Å². The number of carbonyl (C=O) groups is 1. The fraction of sp³-hybridized carbons (Fsp3) is 0.125. The molecule has 1 N–H and O–H groups in total. The van der Waals surface area contributed by atoms with Gasteiger partial charge in [-0.1, -0.05) is 24.3 Å². The van der Waals surface area contributed by atoms with Gasteiger partial charge in [0, 0.05) is 13.1 Å². The lowest BCUT2D eigenvalue weighted by molar-refractivity contribution is -0.383. The van der Waals surface area contributed by atoms with E-state index in [-0.39, 0.29) is 11.4 Å². The summed E-state index contributed by atoms with van der Waals surface area (Å²) in [4.78, 5) is 28.7. The molecule has 0 bridgehead atoms. The van der Waals surface area contributed by atoms with Crippen LogP contribution >= 0.6 is 11.3 Å². The Bertz CT molecular complexity index is 876. The molecule has 122 valence electrons. The van der Waals surface area contributed by atoms with Crippen molar-refractivity contribution >= 4 is 39.0 Å². The third kappa shape index (κ3) is 3.33. The van der Waals surface area contributed by atoms with Crippen LogP contribution in [0.5, 0.6) is 0 Å². The van der Waals surface area contributed by atoms with Crippen LogP contribution in [0.15, 0.2) is 48.5 Å². The quantitative estimate of drug-likeness (QED) is 0.576. The third-order valence-corrected chi connectivity index (χ3v) is 4.42. The summed E-state index contributed by atoms with van der Waals surface area (Å²) in [6.07, 6.45) is 0. The molecule has 3 rings (SSSR count). The van der Waals surface area contributed by atoms with Crippen molar-refractivity contribution in [2.45, 2.75) is 6.54 Å². The number of para-hydroxylation sites is 3. The van der Waals surface area contributed by atoms with E-state index in [1.54, 1.807) is 19.2 Å². The number of rotatable bonds is 4. The number of nitro groups is 1. The Morgan fingerprint density at radius 2 is 1.96 bits per heavy atom. The fourth-order valence-electron chi connectivity index (χ4n) is 2.21. The van der Waals surface area contributed by atoms with E-state index in [2.05, 4.69) is 10.3 Å². The number of nitro benzene ring substituents is 1. The standard InChI is InChI=1S/C16H14N4O3S/c1-19(10-15-17-12-7-3-5-9-14(12)24-15)16(21)18-11-6-2-4-8-13(11)20(22)23/h2-9H,10H2,1H3,(H,18,21). The predicted octanol–water partition coefficient (Wildman–Crippen LogP) is 3.87. The van der Waals surface area contributed by atoms with Gasteiger partial charge >= 0.3 is 6.03 Å². The van der Waals surface area contributed by atoms with E-state index < -0.39 is 11.0 Å². The fourth-order valence-corrected chi connectivity index (χ4v) is 3.23. The molecule has 3 aromatic rings. The Balaban J connectivity index is 1.72. The highest BCUT2D eigenvalue weighted by molar-refractivity contribution is 7.18. The molecule has 0 fully saturated rings. The first-order valence-corrected chi connectivity index (χ1v) is 7.96. The molecule has 0 aliphatic heterocycles. The molecule has 2 amide bonds. The maximum absolute atomic E-state index is 12.3. The van der Waals surface area contributed by atoms with Crippen LogP contribution in [0.3, 0.4) is 0 Å². The number of nitrogens with zero attached hydrogens (tertiary/aromatic N) is 3. The number of thiazole rings is 1. The van der Waals surface area contributed by atoms with Gasteiger partial charge in [-0.15, -0.1) is 11.3 Å². The number of hydrogen-bond donors (Lipinski definition) is 1. The zero-order chi connectivity index (χ0) is 17.1. The van der Waals surface area contributed by atoms with Gasteiger partial charge in [0.15, 0.2) is 0 Å². The molecule has 24 heavy (non-hydrogen) atoms. The zero-order valence-electron chi connectivity index (χ0n) is 12.8. The average molecular weight is 342 g/mol. The number of carbonyl (C=O) groups excluding carboxylic acids is 1. The predicted molar refractivity (Wildman–Crippen MR) is 93.2 cm³/mol. The number of hydrogen-bond acceptors (Lipinski definition) is 5. The number of amides is 2. The lowest BCUT2D eigenvalue weighted by atomic mass is 10.3. The molecular formula is C16H14N4O3S. The maximum Gasteiger partial charge on any atom is 0.322 e. The van der Waals surface area contributed by atoms with Crippen molar-refractivity contribution in [3.63, 3.8) is 0 Å². The molecule has 0 radical (unpaired) electrons. The summed E-state index contributed by atoms with van der Waals surface area (Å²) in [6.45, 7) is 0.325. The molecule has 0 aliphatic rings. The molecule has 0 unspecified atom stereocenters. The number of aromatic nitrogens is 1. The van der Waals surface area contributed by atoms with E-state index in [4.69, 9.17) is 0 Å². The van der Waals surface area contributed by atoms with Crippen molar-refractivity contribution < 1.29 is 9.72 Å². The Morgan fingerprint density at radius 3 is 2.71 bits per heavy atom. The summed E-state index contributed by atoms with van der Waals surface area (Å²) in [5, 5.41) is 14.4. The molecule has 0 saturated heterocycles. The number of anilines is 1. The van der Waals surface area contributed by atoms with Crippen molar-refractivity contribution in [3.8, 4) is 0 Å². The molecule has 8 heteroatoms. The molecule has 0 aliphatic carbocycles. The Hall–Kier alpha value is -3.00. The van der Waals surface area contributed by atoms with Crippen LogP contribution in [0.25, 0.3) is 10.2 Å². The Labute approximate surface area is 141 Å². The van der Waals surface area contributed by atoms with Gasteiger partial charge in [0.05, 0.1) is 21.7 Å². The van der Waals surface area contributed by atoms with Crippen LogP contribution in [0.4, 0.5) is 16.2 Å². The third-order valence-electron chi connectivity index (χ3n) is 3.40. The van der Waals surface area contributed by atoms with Gasteiger partial charge < -0.3 is 10.2 Å². The zero-order valence-corrected chi connectivity index (χ0v) is 13.6. The van der Waals surface area contributed by atoms with E-state index in [1.165, 1.54) is 28.4 Å². The molecular weight excluding hydrogens is 328 g/mol. The second-order valence-electron chi connectivity index (χ2n) is 5.14. The highest BCUT2D eigenvalue weighted by Crippen LogP contribution is 2.25. The normalized spacial score (nSPS) is 10.5. The van der Waals surface area contributed by atoms with E-state index >= 15 is 0 Å². The summed E-state index contributed by atoms with van der Waals surface area (Å²) < 4.78 is 1.06. The van der Waals surface area contributed by atoms with Gasteiger partial charge in [-0.3, -0.25) is 10.1 Å². The van der Waals surface area contributed by atoms with Gasteiger partial charge in [-0.2, -0.15) is 0 Å². The minimum absolute atomic E-state index is 0.140. The van der Waals surface area contributed by atoms with Crippen LogP contribution in [0, 0.1) is 10.1 Å². The Kier molecular flexibility index (Phi) is 4.39. The van der Waals surface area contributed by atoms with Gasteiger partial charge in [0.2, 0.25) is 0 Å². The first-order valence-electron chi connectivity index (χ1n) is 7.14. The van der Waals surface area contributed by atoms with Crippen molar-refractivity contribution in [2.24, 2.45) is 0 Å². The second kappa shape index (κ2) is 6.63. The number of urea groups is 1. The monoisotopic (exact) mass is 342 g/mol. The first kappa shape index (κ1) is 15.9. The molecule has 1 heterocycles. The van der Waals surface area contributed by atoms with Gasteiger partial charge in [0.25, 0.3) is 5.69 Å². The number of nitrogens with one attached hydrogen (secondary N) is 1. The Morgan fingerprint density at radius 1 is 1.25 bits per heavy atom. The SMILES string of the molecule is CN(Cc1nc2ccccc2s1)C(=O)Nc1ccccc1[N+](=O)[O-]. The second-order valence-corrected chi connectivity index (χ2v) is 6.25. The molecule has 0 saturated carbocycles. The van der Waals surface area contributed by atoms with Crippen LogP contribution in [0.2, 0.25) is 0 Å². The van der Waals surface area contributed by atoms with Crippen LogP contribution in [-0.4, -0.2) is 27.9 Å². The van der Waals surface area contributed by atoms with Gasteiger partial charge in [-0.25, -0.2) is 9.78 Å². The molecule has 1 aromatic heterocycles. The molecule has 0 atom stereocenters. The van der Waals surface area contributed by atoms with E-state index in [9.17, 15) is 14.9 Å². The van der Waals surface area contributed by atoms with Crippen molar-refractivity contribution in [3.05, 3.63) is 63.7 Å². The van der Waals surface area contributed by atoms with E-state index in [0.29, 0.717) is 6.54 Å². The van der Waals surface area contributed by atoms with Crippen molar-refractivity contribution in [2.75, 3.05) is 12.4 Å². The summed E-state index contributed by atoms with van der Waals surface area (Å²) in [6, 6.07) is 13.4. The highest BCUT2D eigenvalue weighted by atomic mass is 32.1. The number of benzene rings is 2. The molecule has 2 aromatic carbocycles. The summed E-state index contributed by atoms with van der Waals surface area (Å²) in [7, 11) is 1.62. The van der Waals surface area contributed by atoms with Crippen LogP contribution < -0.4 is 5.32 Å². The number of fused-ring (bicyclic) bond motifs is 1. The average Bonchev–Trinajstić information content (AvgIpc) is 2.97. The smallest absolute Gasteiger partial charge is 0.321 e. The van der Waals surface area contributed by atoms with Crippen LogP contribution in [0.1, 0.15) is 5.01 Å². The van der Waals surface area contributed by atoms with Gasteiger partial charge in [-0.05, 0) is 18.2 Å². The highest BCUT2D eigenvalue weighted by Gasteiger charge is 2.17. The van der Waals surface area contributed by atoms with E-state index in [0.717, 1.165) is 15.2 Å². The molecule has 7 nitrogen and oxygen atoms in total. The lowest BCUT2D eigenvalue weighted by Gasteiger charge is -2.16.